The van der Waals surface area contributed by atoms with E-state index in [1.165, 1.54) is 6.07 Å². The molecular formula is C13H8Cl2FNO2. The summed E-state index contributed by atoms with van der Waals surface area (Å²) in [6.45, 7) is 0. The minimum absolute atomic E-state index is 0.291. The molecule has 0 amide bonds. The van der Waals surface area contributed by atoms with Gasteiger partial charge in [0.15, 0.2) is 11.5 Å². The molecule has 0 saturated carbocycles. The number of esters is 1. The van der Waals surface area contributed by atoms with Crippen LogP contribution in [-0.4, -0.2) is 18.1 Å². The number of rotatable bonds is 2. The van der Waals surface area contributed by atoms with E-state index in [-0.39, 0.29) is 0 Å². The van der Waals surface area contributed by atoms with Crippen molar-refractivity contribution in [3.63, 3.8) is 0 Å². The Bertz CT molecular complexity index is 647. The highest BCUT2D eigenvalue weighted by Crippen LogP contribution is 2.32. The highest BCUT2D eigenvalue weighted by atomic mass is 35.5. The van der Waals surface area contributed by atoms with Crippen LogP contribution < -0.4 is 0 Å². The molecular weight excluding hydrogens is 292 g/mol. The highest BCUT2D eigenvalue weighted by Gasteiger charge is 2.17. The SMILES string of the molecule is COC(=O)c1nc(-c2cccc(Cl)c2Cl)ccc1F. The summed E-state index contributed by atoms with van der Waals surface area (Å²) in [5.41, 5.74) is 0.463. The van der Waals surface area contributed by atoms with E-state index >= 15 is 0 Å². The molecule has 0 aliphatic heterocycles. The molecule has 2 aromatic rings. The van der Waals surface area contributed by atoms with Crippen LogP contribution in [0.5, 0.6) is 0 Å². The van der Waals surface area contributed by atoms with Crippen LogP contribution in [0.1, 0.15) is 10.5 Å². The molecule has 0 atom stereocenters. The Morgan fingerprint density at radius 3 is 2.68 bits per heavy atom. The Kier molecular flexibility index (Phi) is 4.02. The van der Waals surface area contributed by atoms with Crippen LogP contribution in [0.15, 0.2) is 30.3 Å². The Hall–Kier alpha value is -1.65. The number of nitrogens with zero attached hydrogens (tertiary/aromatic N) is 1. The van der Waals surface area contributed by atoms with Crippen molar-refractivity contribution in [2.24, 2.45) is 0 Å². The first-order valence-electron chi connectivity index (χ1n) is 5.24. The molecule has 0 spiro atoms. The fraction of sp³-hybridized carbons (Fsp3) is 0.0769. The van der Waals surface area contributed by atoms with Gasteiger partial charge < -0.3 is 4.74 Å². The number of hydrogen-bond acceptors (Lipinski definition) is 3. The van der Waals surface area contributed by atoms with Crippen LogP contribution in [-0.2, 0) is 4.74 Å². The van der Waals surface area contributed by atoms with E-state index in [0.717, 1.165) is 13.2 Å². The second-order valence-corrected chi connectivity index (χ2v) is 4.41. The predicted molar refractivity (Wildman–Crippen MR) is 71.0 cm³/mol. The molecule has 0 saturated heterocycles. The third-order valence-electron chi connectivity index (χ3n) is 2.45. The quantitative estimate of drug-likeness (QED) is 0.787. The molecule has 0 aliphatic rings. The maximum Gasteiger partial charge on any atom is 0.359 e. The van der Waals surface area contributed by atoms with E-state index in [2.05, 4.69) is 9.72 Å². The normalized spacial score (nSPS) is 10.3. The Morgan fingerprint density at radius 1 is 1.26 bits per heavy atom. The van der Waals surface area contributed by atoms with Crippen LogP contribution in [0, 0.1) is 5.82 Å². The summed E-state index contributed by atoms with van der Waals surface area (Å²) in [6, 6.07) is 7.53. The topological polar surface area (TPSA) is 39.2 Å². The van der Waals surface area contributed by atoms with E-state index < -0.39 is 17.5 Å². The van der Waals surface area contributed by atoms with Crippen LogP contribution in [0.4, 0.5) is 4.39 Å². The smallest absolute Gasteiger partial charge is 0.359 e. The average Bonchev–Trinajstić information content (AvgIpc) is 2.42. The molecule has 1 aromatic carbocycles. The summed E-state index contributed by atoms with van der Waals surface area (Å²) in [5, 5.41) is 0.643. The first-order chi connectivity index (χ1) is 9.04. The second-order valence-electron chi connectivity index (χ2n) is 3.62. The lowest BCUT2D eigenvalue weighted by atomic mass is 10.1. The summed E-state index contributed by atoms with van der Waals surface area (Å²) in [6.07, 6.45) is 0. The molecule has 19 heavy (non-hydrogen) atoms. The molecule has 0 radical (unpaired) electrons. The minimum atomic E-state index is -0.850. The molecule has 0 fully saturated rings. The van der Waals surface area contributed by atoms with Gasteiger partial charge in [0.05, 0.1) is 22.8 Å². The largest absolute Gasteiger partial charge is 0.464 e. The molecule has 0 unspecified atom stereocenters. The number of benzene rings is 1. The monoisotopic (exact) mass is 299 g/mol. The lowest BCUT2D eigenvalue weighted by molar-refractivity contribution is 0.0588. The van der Waals surface area contributed by atoms with Gasteiger partial charge in [-0.15, -0.1) is 0 Å². The molecule has 98 valence electrons. The van der Waals surface area contributed by atoms with Crippen LogP contribution in [0.2, 0.25) is 10.0 Å². The average molecular weight is 300 g/mol. The number of methoxy groups -OCH3 is 1. The molecule has 1 aromatic heterocycles. The van der Waals surface area contributed by atoms with Gasteiger partial charge in [-0.25, -0.2) is 14.2 Å². The first-order valence-corrected chi connectivity index (χ1v) is 5.99. The van der Waals surface area contributed by atoms with Crippen molar-refractivity contribution in [2.45, 2.75) is 0 Å². The summed E-state index contributed by atoms with van der Waals surface area (Å²) < 4.78 is 17.9. The molecule has 2 rings (SSSR count). The molecule has 3 nitrogen and oxygen atoms in total. The van der Waals surface area contributed by atoms with Gasteiger partial charge in [0, 0.05) is 5.56 Å². The number of halogens is 3. The third kappa shape index (κ3) is 2.69. The number of carbonyl (C=O) groups excluding carboxylic acids is 1. The van der Waals surface area contributed by atoms with E-state index in [1.807, 2.05) is 0 Å². The van der Waals surface area contributed by atoms with Crippen molar-refractivity contribution in [2.75, 3.05) is 7.11 Å². The zero-order valence-corrected chi connectivity index (χ0v) is 11.3. The number of ether oxygens (including phenoxy) is 1. The minimum Gasteiger partial charge on any atom is -0.464 e. The van der Waals surface area contributed by atoms with Crippen molar-refractivity contribution >= 4 is 29.2 Å². The predicted octanol–water partition coefficient (Wildman–Crippen LogP) is 3.98. The summed E-state index contributed by atoms with van der Waals surface area (Å²) in [4.78, 5) is 15.3. The zero-order chi connectivity index (χ0) is 14.0. The van der Waals surface area contributed by atoms with Gasteiger partial charge in [-0.05, 0) is 18.2 Å². The third-order valence-corrected chi connectivity index (χ3v) is 3.27. The molecule has 0 aliphatic carbocycles. The zero-order valence-electron chi connectivity index (χ0n) is 9.78. The van der Waals surface area contributed by atoms with Crippen molar-refractivity contribution in [1.82, 2.24) is 4.98 Å². The Balaban J connectivity index is 2.58. The number of carbonyl (C=O) groups is 1. The van der Waals surface area contributed by atoms with Crippen molar-refractivity contribution in [1.29, 1.82) is 0 Å². The first kappa shape index (κ1) is 13.8. The number of pyridine rings is 1. The summed E-state index contributed by atoms with van der Waals surface area (Å²) >= 11 is 12.0. The van der Waals surface area contributed by atoms with Crippen LogP contribution >= 0.6 is 23.2 Å². The van der Waals surface area contributed by atoms with E-state index in [9.17, 15) is 9.18 Å². The number of hydrogen-bond donors (Lipinski definition) is 0. The molecule has 1 heterocycles. The van der Waals surface area contributed by atoms with Gasteiger partial charge in [-0.3, -0.25) is 0 Å². The fourth-order valence-electron chi connectivity index (χ4n) is 1.53. The maximum absolute atomic E-state index is 13.5. The molecule has 6 heteroatoms. The van der Waals surface area contributed by atoms with E-state index in [0.29, 0.717) is 21.3 Å². The Morgan fingerprint density at radius 2 is 2.00 bits per heavy atom. The van der Waals surface area contributed by atoms with E-state index in [4.69, 9.17) is 23.2 Å². The standard InChI is InChI=1S/C13H8Cl2FNO2/c1-19-13(18)12-9(16)5-6-10(17-12)7-3-2-4-8(14)11(7)15/h2-6H,1H3. The van der Waals surface area contributed by atoms with Crippen molar-refractivity contribution < 1.29 is 13.9 Å². The number of aromatic nitrogens is 1. The van der Waals surface area contributed by atoms with Gasteiger partial charge in [0.25, 0.3) is 0 Å². The lowest BCUT2D eigenvalue weighted by Gasteiger charge is -2.07. The van der Waals surface area contributed by atoms with Crippen molar-refractivity contribution in [3.05, 3.63) is 51.9 Å². The van der Waals surface area contributed by atoms with Crippen LogP contribution in [0.3, 0.4) is 0 Å². The van der Waals surface area contributed by atoms with E-state index in [1.54, 1.807) is 18.2 Å². The van der Waals surface area contributed by atoms with Gasteiger partial charge in [0.2, 0.25) is 0 Å². The maximum atomic E-state index is 13.5. The van der Waals surface area contributed by atoms with Gasteiger partial charge in [-0.2, -0.15) is 0 Å². The van der Waals surface area contributed by atoms with Gasteiger partial charge >= 0.3 is 5.97 Å². The van der Waals surface area contributed by atoms with Crippen molar-refractivity contribution in [3.8, 4) is 11.3 Å². The fourth-order valence-corrected chi connectivity index (χ4v) is 1.93. The highest BCUT2D eigenvalue weighted by molar-refractivity contribution is 6.43. The summed E-state index contributed by atoms with van der Waals surface area (Å²) in [7, 11) is 1.16. The van der Waals surface area contributed by atoms with Gasteiger partial charge in [-0.1, -0.05) is 35.3 Å². The Labute approximate surface area is 118 Å². The second kappa shape index (κ2) is 5.55. The van der Waals surface area contributed by atoms with Gasteiger partial charge in [0.1, 0.15) is 0 Å². The lowest BCUT2D eigenvalue weighted by Crippen LogP contribution is -2.08. The van der Waals surface area contributed by atoms with Crippen LogP contribution in [0.25, 0.3) is 11.3 Å². The summed E-state index contributed by atoms with van der Waals surface area (Å²) in [5.74, 6) is -1.61. The molecule has 0 N–H and O–H groups in total. The molecule has 0 bridgehead atoms.